The summed E-state index contributed by atoms with van der Waals surface area (Å²) in [7, 11) is 0. The lowest BCUT2D eigenvalue weighted by molar-refractivity contribution is -0.123. The van der Waals surface area contributed by atoms with Crippen molar-refractivity contribution in [1.82, 2.24) is 15.1 Å². The van der Waals surface area contributed by atoms with Crippen molar-refractivity contribution >= 4 is 22.8 Å². The number of rotatable bonds is 5. The number of aryl methyl sites for hydroxylation is 1. The maximum Gasteiger partial charge on any atom is 0.289 e. The van der Waals surface area contributed by atoms with E-state index < -0.39 is 5.82 Å². The molecule has 1 aliphatic rings. The number of hydrogen-bond donors (Lipinski definition) is 1. The first-order valence-corrected chi connectivity index (χ1v) is 9.39. The molecule has 0 radical (unpaired) electrons. The van der Waals surface area contributed by atoms with Gasteiger partial charge in [-0.1, -0.05) is 19.1 Å². The highest BCUT2D eigenvalue weighted by atomic mass is 19.1. The van der Waals surface area contributed by atoms with E-state index in [1.54, 1.807) is 24.0 Å². The molecule has 1 fully saturated rings. The Labute approximate surface area is 158 Å². The highest BCUT2D eigenvalue weighted by Crippen LogP contribution is 2.28. The van der Waals surface area contributed by atoms with Gasteiger partial charge in [-0.3, -0.25) is 14.5 Å². The molecule has 1 atom stereocenters. The zero-order valence-corrected chi connectivity index (χ0v) is 16.0. The average Bonchev–Trinajstić information content (AvgIpc) is 3.00. The van der Waals surface area contributed by atoms with Gasteiger partial charge in [-0.05, 0) is 26.3 Å². The molecule has 3 rings (SSSR count). The second-order valence-corrected chi connectivity index (χ2v) is 7.12. The quantitative estimate of drug-likeness (QED) is 0.872. The lowest BCUT2D eigenvalue weighted by Crippen LogP contribution is -2.51. The number of nitrogens with zero attached hydrogens (tertiary/aromatic N) is 2. The van der Waals surface area contributed by atoms with Gasteiger partial charge in [-0.25, -0.2) is 4.39 Å². The summed E-state index contributed by atoms with van der Waals surface area (Å²) in [4.78, 5) is 28.6. The van der Waals surface area contributed by atoms with E-state index in [1.165, 1.54) is 6.07 Å². The molecule has 2 heterocycles. The van der Waals surface area contributed by atoms with Crippen LogP contribution in [0.25, 0.3) is 11.0 Å². The largest absolute Gasteiger partial charge is 0.448 e. The van der Waals surface area contributed by atoms with Crippen LogP contribution in [-0.4, -0.2) is 60.4 Å². The van der Waals surface area contributed by atoms with Gasteiger partial charge in [0, 0.05) is 43.2 Å². The van der Waals surface area contributed by atoms with Crippen molar-refractivity contribution < 1.29 is 18.4 Å². The summed E-state index contributed by atoms with van der Waals surface area (Å²) in [5.74, 6) is -0.496. The van der Waals surface area contributed by atoms with Crippen LogP contribution in [0.2, 0.25) is 0 Å². The summed E-state index contributed by atoms with van der Waals surface area (Å²) in [5, 5.41) is 3.58. The zero-order chi connectivity index (χ0) is 19.6. The lowest BCUT2D eigenvalue weighted by Gasteiger charge is -2.34. The number of para-hydroxylation sites is 1. The Morgan fingerprint density at radius 2 is 1.96 bits per heavy atom. The van der Waals surface area contributed by atoms with Crippen LogP contribution in [0.1, 0.15) is 36.4 Å². The van der Waals surface area contributed by atoms with Gasteiger partial charge in [0.15, 0.2) is 17.2 Å². The van der Waals surface area contributed by atoms with Crippen LogP contribution in [0.5, 0.6) is 0 Å². The molecule has 146 valence electrons. The van der Waals surface area contributed by atoms with E-state index in [-0.39, 0.29) is 29.2 Å². The van der Waals surface area contributed by atoms with Crippen LogP contribution in [-0.2, 0) is 4.79 Å². The average molecular weight is 375 g/mol. The second-order valence-electron chi connectivity index (χ2n) is 7.12. The van der Waals surface area contributed by atoms with Crippen molar-refractivity contribution in [3.05, 3.63) is 35.3 Å². The number of hydrogen-bond acceptors (Lipinski definition) is 4. The minimum absolute atomic E-state index is 0.00716. The van der Waals surface area contributed by atoms with Crippen LogP contribution in [0.15, 0.2) is 22.6 Å². The van der Waals surface area contributed by atoms with Crippen LogP contribution in [0, 0.1) is 12.7 Å². The third kappa shape index (κ3) is 4.13. The molecule has 1 aromatic heterocycles. The third-order valence-corrected chi connectivity index (χ3v) is 5.16. The Kier molecular flexibility index (Phi) is 5.79. The first-order valence-electron chi connectivity index (χ1n) is 9.39. The van der Waals surface area contributed by atoms with Crippen molar-refractivity contribution in [2.45, 2.75) is 33.2 Å². The molecule has 0 bridgehead atoms. The van der Waals surface area contributed by atoms with E-state index in [1.807, 2.05) is 18.7 Å². The Morgan fingerprint density at radius 3 is 2.59 bits per heavy atom. The first-order chi connectivity index (χ1) is 12.9. The van der Waals surface area contributed by atoms with E-state index in [9.17, 15) is 14.0 Å². The number of carbonyl (C=O) groups is 2. The summed E-state index contributed by atoms with van der Waals surface area (Å²) in [5.41, 5.74) is 0.781. The fourth-order valence-corrected chi connectivity index (χ4v) is 3.29. The maximum absolute atomic E-state index is 13.9. The molecule has 0 aliphatic carbocycles. The van der Waals surface area contributed by atoms with Crippen LogP contribution in [0.4, 0.5) is 4.39 Å². The number of nitrogens with one attached hydrogen (secondary N) is 1. The predicted molar refractivity (Wildman–Crippen MR) is 101 cm³/mol. The lowest BCUT2D eigenvalue weighted by atomic mass is 10.1. The van der Waals surface area contributed by atoms with Gasteiger partial charge < -0.3 is 14.6 Å². The molecule has 0 saturated carbocycles. The topological polar surface area (TPSA) is 65.8 Å². The molecule has 1 saturated heterocycles. The molecular weight excluding hydrogens is 349 g/mol. The van der Waals surface area contributed by atoms with Crippen molar-refractivity contribution in [2.24, 2.45) is 0 Å². The Morgan fingerprint density at radius 1 is 1.26 bits per heavy atom. The van der Waals surface area contributed by atoms with Crippen molar-refractivity contribution in [3.8, 4) is 0 Å². The summed E-state index contributed by atoms with van der Waals surface area (Å²) in [6.45, 7) is 8.37. The molecular formula is C20H26FN3O3. The molecule has 1 aromatic carbocycles. The standard InChI is InChI=1S/C20H26FN3O3/c1-4-13(2)22-17(25)12-23-8-10-24(11-9-23)20(26)18-14(3)15-6-5-7-16(21)19(15)27-18/h5-7,13H,4,8-12H2,1-3H3,(H,22,25)/t13-/m1/s1. The van der Waals surface area contributed by atoms with Gasteiger partial charge in [0.1, 0.15) is 0 Å². The number of piperazine rings is 1. The number of amides is 2. The molecule has 0 unspecified atom stereocenters. The van der Waals surface area contributed by atoms with Crippen molar-refractivity contribution in [2.75, 3.05) is 32.7 Å². The van der Waals surface area contributed by atoms with E-state index in [2.05, 4.69) is 5.32 Å². The molecule has 7 heteroatoms. The minimum Gasteiger partial charge on any atom is -0.448 e. The molecule has 2 amide bonds. The molecule has 27 heavy (non-hydrogen) atoms. The second kappa shape index (κ2) is 8.08. The summed E-state index contributed by atoms with van der Waals surface area (Å²) in [6, 6.07) is 4.85. The molecule has 0 spiro atoms. The molecule has 1 N–H and O–H groups in total. The van der Waals surface area contributed by atoms with Crippen molar-refractivity contribution in [3.63, 3.8) is 0 Å². The van der Waals surface area contributed by atoms with Gasteiger partial charge >= 0.3 is 0 Å². The molecule has 1 aliphatic heterocycles. The van der Waals surface area contributed by atoms with Crippen LogP contribution < -0.4 is 5.32 Å². The van der Waals surface area contributed by atoms with Gasteiger partial charge in [-0.15, -0.1) is 0 Å². The summed E-state index contributed by atoms with van der Waals surface area (Å²) >= 11 is 0. The number of furan rings is 1. The minimum atomic E-state index is -0.466. The fraction of sp³-hybridized carbons (Fsp3) is 0.500. The molecule has 2 aromatic rings. The summed E-state index contributed by atoms with van der Waals surface area (Å²) in [6.07, 6.45) is 0.894. The van der Waals surface area contributed by atoms with Gasteiger partial charge in [0.05, 0.1) is 6.54 Å². The van der Waals surface area contributed by atoms with Gasteiger partial charge in [0.2, 0.25) is 5.91 Å². The number of benzene rings is 1. The van der Waals surface area contributed by atoms with Crippen molar-refractivity contribution in [1.29, 1.82) is 0 Å². The maximum atomic E-state index is 13.9. The Bertz CT molecular complexity index is 840. The highest BCUT2D eigenvalue weighted by molar-refractivity contribution is 5.99. The van der Waals surface area contributed by atoms with E-state index in [0.29, 0.717) is 43.7 Å². The number of halogens is 1. The van der Waals surface area contributed by atoms with Crippen LogP contribution in [0.3, 0.4) is 0 Å². The zero-order valence-electron chi connectivity index (χ0n) is 16.0. The Hall–Kier alpha value is -2.41. The predicted octanol–water partition coefficient (Wildman–Crippen LogP) is 2.55. The monoisotopic (exact) mass is 375 g/mol. The number of fused-ring (bicyclic) bond motifs is 1. The Balaban J connectivity index is 1.61. The SMILES string of the molecule is CC[C@@H](C)NC(=O)CN1CCN(C(=O)c2oc3c(F)cccc3c2C)CC1. The molecule has 6 nitrogen and oxygen atoms in total. The third-order valence-electron chi connectivity index (χ3n) is 5.16. The summed E-state index contributed by atoms with van der Waals surface area (Å²) < 4.78 is 19.5. The van der Waals surface area contributed by atoms with Crippen LogP contribution >= 0.6 is 0 Å². The number of carbonyl (C=O) groups excluding carboxylic acids is 2. The smallest absolute Gasteiger partial charge is 0.289 e. The van der Waals surface area contributed by atoms with Gasteiger partial charge in [-0.2, -0.15) is 0 Å². The fourth-order valence-electron chi connectivity index (χ4n) is 3.29. The first kappa shape index (κ1) is 19.4. The van der Waals surface area contributed by atoms with Gasteiger partial charge in [0.25, 0.3) is 5.91 Å². The van der Waals surface area contributed by atoms with E-state index >= 15 is 0 Å². The van der Waals surface area contributed by atoms with E-state index in [0.717, 1.165) is 6.42 Å². The van der Waals surface area contributed by atoms with E-state index in [4.69, 9.17) is 4.42 Å². The normalized spacial score (nSPS) is 16.5. The highest BCUT2D eigenvalue weighted by Gasteiger charge is 2.28.